The zero-order valence-electron chi connectivity index (χ0n) is 14.2. The average molecular weight is 370 g/mol. The van der Waals surface area contributed by atoms with Crippen molar-refractivity contribution in [2.24, 2.45) is 5.16 Å². The maximum Gasteiger partial charge on any atom is 0.271 e. The molecule has 4 rings (SSSR count). The summed E-state index contributed by atoms with van der Waals surface area (Å²) in [6.45, 7) is 3.45. The molecule has 3 N–H and O–H groups in total. The summed E-state index contributed by atoms with van der Waals surface area (Å²) in [5.74, 6) is 0. The zero-order valence-corrected chi connectivity index (χ0v) is 15.0. The number of H-pyrrole nitrogens is 2. The molecule has 0 spiro atoms. The van der Waals surface area contributed by atoms with Gasteiger partial charge in [-0.05, 0) is 29.7 Å². The molecule has 1 saturated heterocycles. The lowest BCUT2D eigenvalue weighted by molar-refractivity contribution is 0.318. The van der Waals surface area contributed by atoms with Crippen LogP contribution < -0.4 is 16.0 Å². The van der Waals surface area contributed by atoms with Crippen molar-refractivity contribution in [2.45, 2.75) is 19.8 Å². The van der Waals surface area contributed by atoms with Crippen LogP contribution in [0.2, 0.25) is 0 Å². The van der Waals surface area contributed by atoms with Crippen LogP contribution in [0.15, 0.2) is 39.0 Å². The molecule has 1 aliphatic heterocycles. The normalized spacial score (nSPS) is 16.0. The Labute approximate surface area is 152 Å². The highest BCUT2D eigenvalue weighted by atomic mass is 32.1. The maximum atomic E-state index is 12.4. The molecule has 8 heteroatoms. The minimum absolute atomic E-state index is 0.208. The number of rotatable bonds is 3. The van der Waals surface area contributed by atoms with Crippen LogP contribution in [-0.4, -0.2) is 33.4 Å². The smallest absolute Gasteiger partial charge is 0.271 e. The third-order valence-corrected chi connectivity index (χ3v) is 5.74. The first-order chi connectivity index (χ1) is 12.6. The first kappa shape index (κ1) is 16.6. The quantitative estimate of drug-likeness (QED) is 0.487. The molecule has 0 amide bonds. The highest BCUT2D eigenvalue weighted by Crippen LogP contribution is 2.29. The second-order valence-electron chi connectivity index (χ2n) is 6.28. The van der Waals surface area contributed by atoms with Gasteiger partial charge in [-0.25, -0.2) is 0 Å². The summed E-state index contributed by atoms with van der Waals surface area (Å²) in [5, 5.41) is 12.4. The molecule has 26 heavy (non-hydrogen) atoms. The Morgan fingerprint density at radius 3 is 2.65 bits per heavy atom. The molecule has 7 nitrogen and oxygen atoms in total. The maximum absolute atomic E-state index is 12.4. The van der Waals surface area contributed by atoms with E-state index in [1.54, 1.807) is 0 Å². The third-order valence-electron chi connectivity index (χ3n) is 4.80. The Bertz CT molecular complexity index is 1110. The van der Waals surface area contributed by atoms with E-state index < -0.39 is 0 Å². The molecule has 0 radical (unpaired) electrons. The fourth-order valence-electron chi connectivity index (χ4n) is 3.45. The van der Waals surface area contributed by atoms with Gasteiger partial charge in [-0.3, -0.25) is 14.0 Å². The van der Waals surface area contributed by atoms with Gasteiger partial charge in [-0.2, -0.15) is 0 Å². The number of fused-ring (bicyclic) bond motifs is 1. The standard InChI is InChI=1S/C18H18N4O3S/c1-2-13-15(19-17(23)14-16(13)26-21-18(14)24)10-3-5-12(6-4-10)22-8-7-11(9-22)20-25/h3-6,25H,2,7-9H2,1H3,(H,19,23)(H,21,24). The van der Waals surface area contributed by atoms with Gasteiger partial charge >= 0.3 is 0 Å². The minimum atomic E-state index is -0.359. The van der Waals surface area contributed by atoms with E-state index in [1.807, 2.05) is 31.2 Å². The number of nitrogens with zero attached hydrogens (tertiary/aromatic N) is 2. The van der Waals surface area contributed by atoms with Gasteiger partial charge in [0.1, 0.15) is 5.39 Å². The molecule has 0 aliphatic carbocycles. The van der Waals surface area contributed by atoms with Crippen molar-refractivity contribution < 1.29 is 5.21 Å². The second-order valence-corrected chi connectivity index (χ2v) is 7.10. The van der Waals surface area contributed by atoms with E-state index in [0.29, 0.717) is 13.0 Å². The van der Waals surface area contributed by atoms with E-state index in [1.165, 1.54) is 11.5 Å². The summed E-state index contributed by atoms with van der Waals surface area (Å²) in [7, 11) is 0. The van der Waals surface area contributed by atoms with Crippen molar-refractivity contribution in [1.82, 2.24) is 9.36 Å². The fraction of sp³-hybridized carbons (Fsp3) is 0.278. The van der Waals surface area contributed by atoms with Crippen molar-refractivity contribution in [3.63, 3.8) is 0 Å². The summed E-state index contributed by atoms with van der Waals surface area (Å²) >= 11 is 1.21. The molecule has 0 bridgehead atoms. The van der Waals surface area contributed by atoms with Gasteiger partial charge in [0.2, 0.25) is 0 Å². The summed E-state index contributed by atoms with van der Waals surface area (Å²) in [6, 6.07) is 7.93. The zero-order chi connectivity index (χ0) is 18.3. The molecule has 0 atom stereocenters. The number of aromatic nitrogens is 2. The number of nitrogens with one attached hydrogen (secondary N) is 2. The van der Waals surface area contributed by atoms with Crippen molar-refractivity contribution in [3.05, 3.63) is 50.5 Å². The molecule has 1 fully saturated rings. The SMILES string of the molecule is CCc1c(-c2ccc(N3CCC(=NO)C3)cc2)[nH]c(=O)c2c(=O)[nH]sc12. The average Bonchev–Trinajstić information content (AvgIpc) is 3.29. The van der Waals surface area contributed by atoms with E-state index in [4.69, 9.17) is 5.21 Å². The van der Waals surface area contributed by atoms with Gasteiger partial charge < -0.3 is 15.1 Å². The molecule has 1 aliphatic rings. The molecule has 2 aromatic heterocycles. The summed E-state index contributed by atoms with van der Waals surface area (Å²) in [5.41, 5.74) is 3.75. The van der Waals surface area contributed by atoms with Gasteiger partial charge in [0.15, 0.2) is 0 Å². The van der Waals surface area contributed by atoms with Gasteiger partial charge in [-0.1, -0.05) is 35.7 Å². The topological polar surface area (TPSA) is 102 Å². The predicted molar refractivity (Wildman–Crippen MR) is 104 cm³/mol. The molecular formula is C18H18N4O3S. The number of hydrogen-bond acceptors (Lipinski definition) is 6. The lowest BCUT2D eigenvalue weighted by Gasteiger charge is -2.17. The number of aromatic amines is 2. The third kappa shape index (κ3) is 2.62. The number of aryl methyl sites for hydroxylation is 1. The van der Waals surface area contributed by atoms with Crippen LogP contribution in [0.3, 0.4) is 0 Å². The molecule has 0 unspecified atom stereocenters. The van der Waals surface area contributed by atoms with Crippen LogP contribution in [0, 0.1) is 0 Å². The van der Waals surface area contributed by atoms with Crippen LogP contribution in [0.5, 0.6) is 0 Å². The highest BCUT2D eigenvalue weighted by Gasteiger charge is 2.19. The van der Waals surface area contributed by atoms with Crippen LogP contribution in [0.4, 0.5) is 5.69 Å². The van der Waals surface area contributed by atoms with Crippen LogP contribution in [0.25, 0.3) is 21.3 Å². The van der Waals surface area contributed by atoms with Gasteiger partial charge in [0.25, 0.3) is 11.1 Å². The van der Waals surface area contributed by atoms with Crippen LogP contribution in [0.1, 0.15) is 18.9 Å². The lowest BCUT2D eigenvalue weighted by atomic mass is 10.0. The molecule has 1 aromatic carbocycles. The number of pyridine rings is 1. The predicted octanol–water partition coefficient (Wildman–Crippen LogP) is 2.55. The Kier molecular flexibility index (Phi) is 4.12. The van der Waals surface area contributed by atoms with Crippen molar-refractivity contribution >= 4 is 33.0 Å². The van der Waals surface area contributed by atoms with Crippen LogP contribution in [-0.2, 0) is 6.42 Å². The first-order valence-electron chi connectivity index (χ1n) is 8.44. The Morgan fingerprint density at radius 2 is 2.00 bits per heavy atom. The van der Waals surface area contributed by atoms with E-state index in [-0.39, 0.29) is 16.5 Å². The van der Waals surface area contributed by atoms with Gasteiger partial charge in [0.05, 0.1) is 22.7 Å². The van der Waals surface area contributed by atoms with E-state index in [0.717, 1.165) is 45.9 Å². The van der Waals surface area contributed by atoms with Gasteiger partial charge in [-0.15, -0.1) is 0 Å². The highest BCUT2D eigenvalue weighted by molar-refractivity contribution is 7.13. The van der Waals surface area contributed by atoms with E-state index >= 15 is 0 Å². The van der Waals surface area contributed by atoms with E-state index in [9.17, 15) is 9.59 Å². The lowest BCUT2D eigenvalue weighted by Crippen LogP contribution is -2.19. The number of oxime groups is 1. The summed E-state index contributed by atoms with van der Waals surface area (Å²) in [4.78, 5) is 29.2. The fourth-order valence-corrected chi connectivity index (χ4v) is 4.41. The Morgan fingerprint density at radius 1 is 1.23 bits per heavy atom. The summed E-state index contributed by atoms with van der Waals surface area (Å²) in [6.07, 6.45) is 1.47. The second kappa shape index (κ2) is 6.45. The molecule has 3 aromatic rings. The molecular weight excluding hydrogens is 352 g/mol. The largest absolute Gasteiger partial charge is 0.411 e. The monoisotopic (exact) mass is 370 g/mol. The van der Waals surface area contributed by atoms with Crippen molar-refractivity contribution in [3.8, 4) is 11.3 Å². The van der Waals surface area contributed by atoms with Crippen LogP contribution >= 0.6 is 11.5 Å². The van der Waals surface area contributed by atoms with E-state index in [2.05, 4.69) is 19.4 Å². The summed E-state index contributed by atoms with van der Waals surface area (Å²) < 4.78 is 3.38. The molecule has 0 saturated carbocycles. The van der Waals surface area contributed by atoms with Crippen molar-refractivity contribution in [1.29, 1.82) is 0 Å². The minimum Gasteiger partial charge on any atom is -0.411 e. The number of anilines is 1. The first-order valence-corrected chi connectivity index (χ1v) is 9.25. The molecule has 134 valence electrons. The van der Waals surface area contributed by atoms with Gasteiger partial charge in [0, 0.05) is 18.7 Å². The Hall–Kier alpha value is -2.87. The van der Waals surface area contributed by atoms with Crippen molar-refractivity contribution in [2.75, 3.05) is 18.0 Å². The Balaban J connectivity index is 1.76. The number of hydrogen-bond donors (Lipinski definition) is 3. The molecule has 3 heterocycles. The number of benzene rings is 1.